The molecule has 0 aromatic heterocycles. The van der Waals surface area contributed by atoms with Gasteiger partial charge < -0.3 is 0 Å². The van der Waals surface area contributed by atoms with Crippen molar-refractivity contribution in [3.05, 3.63) is 60.5 Å². The molecule has 1 aromatic carbocycles. The summed E-state index contributed by atoms with van der Waals surface area (Å²) in [6, 6.07) is 11.6. The highest BCUT2D eigenvalue weighted by Gasteiger charge is 2.01. The molecule has 1 aromatic rings. The Balaban J connectivity index is 2.62. The Kier molecular flexibility index (Phi) is 3.55. The van der Waals surface area contributed by atoms with Crippen molar-refractivity contribution in [2.75, 3.05) is 0 Å². The normalized spacial score (nSPS) is 9.75. The van der Waals surface area contributed by atoms with E-state index in [0.29, 0.717) is 0 Å². The molecule has 0 fully saturated rings. The quantitative estimate of drug-likeness (QED) is 0.614. The Bertz CT molecular complexity index is 243. The zero-order valence-electron chi connectivity index (χ0n) is 7.16. The maximum absolute atomic E-state index is 3.80. The molecular formula is C11H13Si. The molecule has 0 spiro atoms. The minimum Gasteiger partial charge on any atom is -0.107 e. The monoisotopic (exact) mass is 173 g/mol. The second kappa shape index (κ2) is 4.73. The minimum atomic E-state index is -0.548. The molecule has 1 heteroatoms. The highest BCUT2D eigenvalue weighted by Crippen LogP contribution is 2.02. The summed E-state index contributed by atoms with van der Waals surface area (Å²) in [5, 5.41) is 0. The van der Waals surface area contributed by atoms with Gasteiger partial charge in [0.2, 0.25) is 0 Å². The zero-order valence-corrected chi connectivity index (χ0v) is 8.16. The van der Waals surface area contributed by atoms with Crippen molar-refractivity contribution in [3.63, 3.8) is 0 Å². The van der Waals surface area contributed by atoms with E-state index in [2.05, 4.69) is 37.4 Å². The third-order valence-corrected chi connectivity index (χ3v) is 3.64. The average molecular weight is 173 g/mol. The Hall–Kier alpha value is -1.08. The van der Waals surface area contributed by atoms with Gasteiger partial charge in [-0.05, 0) is 6.04 Å². The molecule has 0 saturated carbocycles. The van der Waals surface area contributed by atoms with Gasteiger partial charge in [-0.25, -0.2) is 0 Å². The Labute approximate surface area is 75.9 Å². The fourth-order valence-electron chi connectivity index (χ4n) is 1.06. The highest BCUT2D eigenvalue weighted by molar-refractivity contribution is 6.68. The molecule has 0 nitrogen and oxygen atoms in total. The molecule has 0 atom stereocenters. The van der Waals surface area contributed by atoms with E-state index in [0.717, 1.165) is 6.04 Å². The summed E-state index contributed by atoms with van der Waals surface area (Å²) in [6.07, 6.45) is 0. The fourth-order valence-corrected chi connectivity index (χ4v) is 2.22. The maximum Gasteiger partial charge on any atom is 0.106 e. The van der Waals surface area contributed by atoms with Crippen LogP contribution in [0.25, 0.3) is 0 Å². The molecule has 1 rings (SSSR count). The number of hydrogen-bond donors (Lipinski definition) is 0. The van der Waals surface area contributed by atoms with E-state index in [1.165, 1.54) is 5.56 Å². The third-order valence-electron chi connectivity index (χ3n) is 1.78. The predicted molar refractivity (Wildman–Crippen MR) is 56.3 cm³/mol. The maximum atomic E-state index is 3.80. The number of rotatable bonds is 4. The van der Waals surface area contributed by atoms with Crippen LogP contribution in [0.4, 0.5) is 0 Å². The standard InChI is InChI=1S/C11H13Si/c1-3-12(4-2)10-11-8-6-5-7-9-11/h3-9H,1-2,10H2. The molecule has 61 valence electrons. The van der Waals surface area contributed by atoms with Crippen LogP contribution in [-0.2, 0) is 6.04 Å². The van der Waals surface area contributed by atoms with E-state index < -0.39 is 8.80 Å². The van der Waals surface area contributed by atoms with Gasteiger partial charge in [-0.1, -0.05) is 47.3 Å². The summed E-state index contributed by atoms with van der Waals surface area (Å²) in [4.78, 5) is 0. The van der Waals surface area contributed by atoms with Crippen LogP contribution in [0.3, 0.4) is 0 Å². The average Bonchev–Trinajstić information content (AvgIpc) is 2.16. The first-order valence-corrected chi connectivity index (χ1v) is 5.87. The van der Waals surface area contributed by atoms with Crippen molar-refractivity contribution >= 4 is 8.80 Å². The van der Waals surface area contributed by atoms with Crippen LogP contribution < -0.4 is 0 Å². The van der Waals surface area contributed by atoms with E-state index >= 15 is 0 Å². The Morgan fingerprint density at radius 2 is 1.67 bits per heavy atom. The summed E-state index contributed by atoms with van der Waals surface area (Å²) in [7, 11) is -0.548. The lowest BCUT2D eigenvalue weighted by Gasteiger charge is -2.03. The first-order chi connectivity index (χ1) is 5.86. The van der Waals surface area contributed by atoms with Crippen LogP contribution in [0.5, 0.6) is 0 Å². The van der Waals surface area contributed by atoms with Gasteiger partial charge in [0.25, 0.3) is 0 Å². The second-order valence-corrected chi connectivity index (χ2v) is 4.97. The number of hydrogen-bond acceptors (Lipinski definition) is 0. The second-order valence-electron chi connectivity index (χ2n) is 2.65. The molecule has 0 amide bonds. The smallest absolute Gasteiger partial charge is 0.106 e. The van der Waals surface area contributed by atoms with Gasteiger partial charge in [0.15, 0.2) is 0 Å². The van der Waals surface area contributed by atoms with E-state index in [1.807, 2.05) is 17.5 Å². The predicted octanol–water partition coefficient (Wildman–Crippen LogP) is 2.71. The van der Waals surface area contributed by atoms with Gasteiger partial charge in [0.1, 0.15) is 8.80 Å². The molecule has 12 heavy (non-hydrogen) atoms. The molecule has 0 aliphatic carbocycles. The highest BCUT2D eigenvalue weighted by atomic mass is 28.3. The van der Waals surface area contributed by atoms with Crippen molar-refractivity contribution in [1.82, 2.24) is 0 Å². The van der Waals surface area contributed by atoms with Crippen molar-refractivity contribution in [1.29, 1.82) is 0 Å². The van der Waals surface area contributed by atoms with Crippen molar-refractivity contribution < 1.29 is 0 Å². The van der Waals surface area contributed by atoms with Crippen molar-refractivity contribution in [2.45, 2.75) is 6.04 Å². The van der Waals surface area contributed by atoms with Gasteiger partial charge >= 0.3 is 0 Å². The van der Waals surface area contributed by atoms with E-state index in [9.17, 15) is 0 Å². The van der Waals surface area contributed by atoms with E-state index in [1.54, 1.807) is 0 Å². The van der Waals surface area contributed by atoms with Crippen LogP contribution in [0, 0.1) is 0 Å². The molecule has 0 bridgehead atoms. The largest absolute Gasteiger partial charge is 0.107 e. The summed E-state index contributed by atoms with van der Waals surface area (Å²) in [5.41, 5.74) is 5.45. The van der Waals surface area contributed by atoms with Crippen LogP contribution in [0.1, 0.15) is 5.56 Å². The summed E-state index contributed by atoms with van der Waals surface area (Å²) >= 11 is 0. The van der Waals surface area contributed by atoms with Gasteiger partial charge in [0.05, 0.1) is 0 Å². The lowest BCUT2D eigenvalue weighted by Crippen LogP contribution is -2.09. The van der Waals surface area contributed by atoms with Crippen LogP contribution in [-0.4, -0.2) is 8.80 Å². The fraction of sp³-hybridized carbons (Fsp3) is 0.0909. The van der Waals surface area contributed by atoms with Gasteiger partial charge in [-0.15, -0.1) is 13.2 Å². The summed E-state index contributed by atoms with van der Waals surface area (Å²) in [6.45, 7) is 7.60. The number of benzene rings is 1. The topological polar surface area (TPSA) is 0 Å². The van der Waals surface area contributed by atoms with Gasteiger partial charge in [-0.3, -0.25) is 0 Å². The Morgan fingerprint density at radius 1 is 1.08 bits per heavy atom. The minimum absolute atomic E-state index is 0.548. The zero-order chi connectivity index (χ0) is 8.81. The molecule has 0 aliphatic heterocycles. The first kappa shape index (κ1) is 9.01. The van der Waals surface area contributed by atoms with Crippen LogP contribution >= 0.6 is 0 Å². The Morgan fingerprint density at radius 3 is 2.17 bits per heavy atom. The molecule has 0 N–H and O–H groups in total. The molecule has 1 radical (unpaired) electrons. The third kappa shape index (κ3) is 2.51. The first-order valence-electron chi connectivity index (χ1n) is 4.01. The van der Waals surface area contributed by atoms with Crippen LogP contribution in [0.15, 0.2) is 54.9 Å². The molecule has 0 heterocycles. The van der Waals surface area contributed by atoms with Crippen LogP contribution in [0.2, 0.25) is 0 Å². The molecular weight excluding hydrogens is 160 g/mol. The molecule has 0 unspecified atom stereocenters. The molecule has 0 saturated heterocycles. The van der Waals surface area contributed by atoms with Gasteiger partial charge in [-0.2, -0.15) is 0 Å². The van der Waals surface area contributed by atoms with E-state index in [-0.39, 0.29) is 0 Å². The SMILES string of the molecule is C=C[Si](C=C)Cc1ccccc1. The van der Waals surface area contributed by atoms with Crippen molar-refractivity contribution in [2.24, 2.45) is 0 Å². The summed E-state index contributed by atoms with van der Waals surface area (Å²) in [5.74, 6) is 0. The lowest BCUT2D eigenvalue weighted by molar-refractivity contribution is 1.37. The lowest BCUT2D eigenvalue weighted by atomic mass is 10.2. The summed E-state index contributed by atoms with van der Waals surface area (Å²) < 4.78 is 0. The molecule has 0 aliphatic rings. The van der Waals surface area contributed by atoms with E-state index in [4.69, 9.17) is 0 Å². The van der Waals surface area contributed by atoms with Gasteiger partial charge in [0, 0.05) is 0 Å². The van der Waals surface area contributed by atoms with Crippen molar-refractivity contribution in [3.8, 4) is 0 Å².